The van der Waals surface area contributed by atoms with Crippen LogP contribution in [0.3, 0.4) is 0 Å². The first-order chi connectivity index (χ1) is 12.5. The van der Waals surface area contributed by atoms with Crippen molar-refractivity contribution in [1.29, 1.82) is 0 Å². The Bertz CT molecular complexity index is 793. The van der Waals surface area contributed by atoms with Gasteiger partial charge in [-0.1, -0.05) is 30.3 Å². The monoisotopic (exact) mass is 355 g/mol. The number of hydrogen-bond acceptors (Lipinski definition) is 5. The van der Waals surface area contributed by atoms with Crippen LogP contribution < -0.4 is 20.1 Å². The molecule has 0 radical (unpaired) electrons. The number of likely N-dealkylation sites (N-methyl/N-ethyl adjacent to an activating group) is 1. The van der Waals surface area contributed by atoms with E-state index in [1.54, 1.807) is 18.2 Å². The number of amides is 2. The van der Waals surface area contributed by atoms with Crippen molar-refractivity contribution in [1.82, 2.24) is 10.2 Å². The van der Waals surface area contributed by atoms with E-state index in [4.69, 9.17) is 9.47 Å². The van der Waals surface area contributed by atoms with Crippen LogP contribution in [0, 0.1) is 0 Å². The SMILES string of the molecule is CN(C)[C@@H](CNC(=O)C(=O)Nc1ccc2c(c1)OCO2)c1ccccc1. The summed E-state index contributed by atoms with van der Waals surface area (Å²) in [6.07, 6.45) is 0. The molecule has 0 aromatic heterocycles. The zero-order valence-corrected chi connectivity index (χ0v) is 14.7. The normalized spacial score (nSPS) is 13.3. The number of nitrogens with one attached hydrogen (secondary N) is 2. The molecule has 0 saturated heterocycles. The third kappa shape index (κ3) is 4.12. The van der Waals surface area contributed by atoms with Gasteiger partial charge < -0.3 is 25.0 Å². The zero-order chi connectivity index (χ0) is 18.5. The molecule has 26 heavy (non-hydrogen) atoms. The van der Waals surface area contributed by atoms with E-state index in [9.17, 15) is 9.59 Å². The summed E-state index contributed by atoms with van der Waals surface area (Å²) in [7, 11) is 3.85. The number of fused-ring (bicyclic) bond motifs is 1. The highest BCUT2D eigenvalue weighted by Crippen LogP contribution is 2.34. The highest BCUT2D eigenvalue weighted by atomic mass is 16.7. The van der Waals surface area contributed by atoms with Gasteiger partial charge >= 0.3 is 11.8 Å². The molecule has 2 aromatic rings. The maximum atomic E-state index is 12.1. The fourth-order valence-corrected chi connectivity index (χ4v) is 2.71. The van der Waals surface area contributed by atoms with E-state index in [0.717, 1.165) is 5.56 Å². The van der Waals surface area contributed by atoms with E-state index in [0.29, 0.717) is 23.7 Å². The molecule has 0 spiro atoms. The molecule has 2 N–H and O–H groups in total. The van der Waals surface area contributed by atoms with Crippen molar-refractivity contribution in [3.8, 4) is 11.5 Å². The molecule has 3 rings (SSSR count). The van der Waals surface area contributed by atoms with Gasteiger partial charge in [0, 0.05) is 18.3 Å². The second-order valence-corrected chi connectivity index (χ2v) is 6.12. The van der Waals surface area contributed by atoms with Gasteiger partial charge in [0.25, 0.3) is 0 Å². The van der Waals surface area contributed by atoms with E-state index in [2.05, 4.69) is 10.6 Å². The third-order valence-electron chi connectivity index (χ3n) is 4.10. The van der Waals surface area contributed by atoms with Crippen LogP contribution in [-0.4, -0.2) is 44.1 Å². The number of rotatable bonds is 5. The van der Waals surface area contributed by atoms with Gasteiger partial charge in [-0.3, -0.25) is 9.59 Å². The number of ether oxygens (including phenoxy) is 2. The van der Waals surface area contributed by atoms with E-state index in [1.165, 1.54) is 0 Å². The summed E-state index contributed by atoms with van der Waals surface area (Å²) in [5.41, 5.74) is 1.54. The van der Waals surface area contributed by atoms with E-state index in [1.807, 2.05) is 49.3 Å². The van der Waals surface area contributed by atoms with E-state index in [-0.39, 0.29) is 12.8 Å². The summed E-state index contributed by atoms with van der Waals surface area (Å²) in [4.78, 5) is 26.3. The number of carbonyl (C=O) groups excluding carboxylic acids is 2. The van der Waals surface area contributed by atoms with Gasteiger partial charge in [-0.15, -0.1) is 0 Å². The van der Waals surface area contributed by atoms with Gasteiger partial charge in [-0.05, 0) is 31.8 Å². The number of benzene rings is 2. The molecule has 2 aromatic carbocycles. The van der Waals surface area contributed by atoms with Crippen LogP contribution in [0.4, 0.5) is 5.69 Å². The molecule has 0 aliphatic carbocycles. The second-order valence-electron chi connectivity index (χ2n) is 6.12. The van der Waals surface area contributed by atoms with Gasteiger partial charge in [0.2, 0.25) is 6.79 Å². The summed E-state index contributed by atoms with van der Waals surface area (Å²) < 4.78 is 10.5. The average Bonchev–Trinajstić information content (AvgIpc) is 3.10. The fraction of sp³-hybridized carbons (Fsp3) is 0.263. The van der Waals surface area contributed by atoms with Crippen LogP contribution in [0.2, 0.25) is 0 Å². The van der Waals surface area contributed by atoms with Crippen LogP contribution >= 0.6 is 0 Å². The van der Waals surface area contributed by atoms with Crippen LogP contribution in [-0.2, 0) is 9.59 Å². The highest BCUT2D eigenvalue weighted by molar-refractivity contribution is 6.39. The van der Waals surface area contributed by atoms with Crippen LogP contribution in [0.5, 0.6) is 11.5 Å². The van der Waals surface area contributed by atoms with Crippen molar-refractivity contribution in [2.24, 2.45) is 0 Å². The first-order valence-electron chi connectivity index (χ1n) is 8.25. The third-order valence-corrected chi connectivity index (χ3v) is 4.10. The standard InChI is InChI=1S/C19H21N3O4/c1-22(2)15(13-6-4-3-5-7-13)11-20-18(23)19(24)21-14-8-9-16-17(10-14)26-12-25-16/h3-10,15H,11-12H2,1-2H3,(H,20,23)(H,21,24)/t15-/m0/s1. The van der Waals surface area contributed by atoms with Gasteiger partial charge in [0.1, 0.15) is 0 Å². The lowest BCUT2D eigenvalue weighted by Crippen LogP contribution is -2.40. The number of hydrogen-bond donors (Lipinski definition) is 2. The Hall–Kier alpha value is -3.06. The molecule has 7 heteroatoms. The molecule has 7 nitrogen and oxygen atoms in total. The van der Waals surface area contributed by atoms with Crippen molar-refractivity contribution >= 4 is 17.5 Å². The van der Waals surface area contributed by atoms with Crippen LogP contribution in [0.15, 0.2) is 48.5 Å². The predicted octanol–water partition coefficient (Wildman–Crippen LogP) is 1.77. The Morgan fingerprint density at radius 2 is 1.77 bits per heavy atom. The summed E-state index contributed by atoms with van der Waals surface area (Å²) in [6, 6.07) is 14.7. The Kier molecular flexibility index (Phi) is 5.38. The lowest BCUT2D eigenvalue weighted by atomic mass is 10.1. The number of nitrogens with zero attached hydrogens (tertiary/aromatic N) is 1. The summed E-state index contributed by atoms with van der Waals surface area (Å²) in [5, 5.41) is 5.25. The number of carbonyl (C=O) groups is 2. The minimum Gasteiger partial charge on any atom is -0.454 e. The van der Waals surface area contributed by atoms with Crippen LogP contribution in [0.25, 0.3) is 0 Å². The van der Waals surface area contributed by atoms with Crippen molar-refractivity contribution in [3.05, 3.63) is 54.1 Å². The summed E-state index contributed by atoms with van der Waals surface area (Å²) >= 11 is 0. The average molecular weight is 355 g/mol. The molecule has 1 aliphatic rings. The molecule has 2 amide bonds. The maximum Gasteiger partial charge on any atom is 0.313 e. The first kappa shape index (κ1) is 17.8. The summed E-state index contributed by atoms with van der Waals surface area (Å²) in [6.45, 7) is 0.475. The molecule has 0 saturated carbocycles. The molecule has 1 heterocycles. The van der Waals surface area contributed by atoms with Crippen LogP contribution in [0.1, 0.15) is 11.6 Å². The lowest BCUT2D eigenvalue weighted by Gasteiger charge is -2.25. The Balaban J connectivity index is 1.57. The van der Waals surface area contributed by atoms with Gasteiger partial charge in [0.05, 0.1) is 6.04 Å². The van der Waals surface area contributed by atoms with Crippen molar-refractivity contribution in [2.45, 2.75) is 6.04 Å². The molecule has 1 aliphatic heterocycles. The predicted molar refractivity (Wildman–Crippen MR) is 97.1 cm³/mol. The Morgan fingerprint density at radius 1 is 1.04 bits per heavy atom. The molecule has 0 unspecified atom stereocenters. The highest BCUT2D eigenvalue weighted by Gasteiger charge is 2.20. The minimum atomic E-state index is -0.727. The van der Waals surface area contributed by atoms with Gasteiger partial charge in [-0.2, -0.15) is 0 Å². The molecular formula is C19H21N3O4. The topological polar surface area (TPSA) is 79.9 Å². The van der Waals surface area contributed by atoms with Crippen molar-refractivity contribution in [2.75, 3.05) is 32.7 Å². The molecule has 0 fully saturated rings. The number of anilines is 1. The lowest BCUT2D eigenvalue weighted by molar-refractivity contribution is -0.136. The van der Waals surface area contributed by atoms with E-state index >= 15 is 0 Å². The van der Waals surface area contributed by atoms with Crippen molar-refractivity contribution in [3.63, 3.8) is 0 Å². The van der Waals surface area contributed by atoms with Gasteiger partial charge in [-0.25, -0.2) is 0 Å². The Labute approximate surface area is 151 Å². The summed E-state index contributed by atoms with van der Waals surface area (Å²) in [5.74, 6) is -0.260. The second kappa shape index (κ2) is 7.88. The molecule has 1 atom stereocenters. The maximum absolute atomic E-state index is 12.1. The first-order valence-corrected chi connectivity index (χ1v) is 8.25. The molecular weight excluding hydrogens is 334 g/mol. The molecule has 136 valence electrons. The molecule has 0 bridgehead atoms. The minimum absolute atomic E-state index is 0.0292. The Morgan fingerprint density at radius 3 is 2.50 bits per heavy atom. The van der Waals surface area contributed by atoms with Crippen molar-refractivity contribution < 1.29 is 19.1 Å². The quantitative estimate of drug-likeness (QED) is 0.799. The fourth-order valence-electron chi connectivity index (χ4n) is 2.71. The largest absolute Gasteiger partial charge is 0.454 e. The van der Waals surface area contributed by atoms with E-state index < -0.39 is 11.8 Å². The van der Waals surface area contributed by atoms with Gasteiger partial charge in [0.15, 0.2) is 11.5 Å². The zero-order valence-electron chi connectivity index (χ0n) is 14.7. The smallest absolute Gasteiger partial charge is 0.313 e.